The molecule has 19 heavy (non-hydrogen) atoms. The number of rotatable bonds is 4. The number of hydrogen-bond donors (Lipinski definition) is 0. The summed E-state index contributed by atoms with van der Waals surface area (Å²) in [6.07, 6.45) is 11.1. The van der Waals surface area contributed by atoms with Crippen molar-refractivity contribution in [1.29, 1.82) is 0 Å². The predicted octanol–water partition coefficient (Wildman–Crippen LogP) is 3.03. The second-order valence-electron chi connectivity index (χ2n) is 6.60. The first kappa shape index (κ1) is 15.0. The fraction of sp³-hybridized carbons (Fsp3) is 0.938. The minimum Gasteiger partial charge on any atom is -0.381 e. The van der Waals surface area contributed by atoms with Crippen molar-refractivity contribution < 1.29 is 9.53 Å². The van der Waals surface area contributed by atoms with Crippen molar-refractivity contribution in [2.75, 3.05) is 20.2 Å². The molecular weight excluding hydrogens is 238 g/mol. The molecule has 2 fully saturated rings. The van der Waals surface area contributed by atoms with Crippen LogP contribution in [0.2, 0.25) is 0 Å². The van der Waals surface area contributed by atoms with E-state index in [0.29, 0.717) is 12.1 Å². The fourth-order valence-corrected chi connectivity index (χ4v) is 3.78. The number of piperidine rings is 1. The van der Waals surface area contributed by atoms with E-state index in [9.17, 15) is 4.79 Å². The Bertz CT molecular complexity index is 284. The molecule has 0 aromatic heterocycles. The molecule has 2 unspecified atom stereocenters. The van der Waals surface area contributed by atoms with E-state index in [1.807, 2.05) is 7.11 Å². The molecule has 0 aromatic carbocycles. The van der Waals surface area contributed by atoms with E-state index in [1.54, 1.807) is 0 Å². The Morgan fingerprint density at radius 3 is 2.47 bits per heavy atom. The maximum Gasteiger partial charge on any atom is 0.127 e. The van der Waals surface area contributed by atoms with Crippen molar-refractivity contribution in [3.05, 3.63) is 0 Å². The standard InChI is InChI=1S/C16H29NO2/c1-14-11-15(19-2)7-10-17(14)12-16(13-18)8-5-3-4-6-9-16/h13-15H,3-12H2,1-2H3. The molecule has 0 bridgehead atoms. The van der Waals surface area contributed by atoms with Crippen LogP contribution in [-0.2, 0) is 9.53 Å². The Labute approximate surface area is 117 Å². The quantitative estimate of drug-likeness (QED) is 0.579. The van der Waals surface area contributed by atoms with Crippen LogP contribution in [0, 0.1) is 5.41 Å². The fourth-order valence-electron chi connectivity index (χ4n) is 3.78. The molecule has 0 spiro atoms. The van der Waals surface area contributed by atoms with Crippen LogP contribution in [-0.4, -0.2) is 43.5 Å². The molecular formula is C16H29NO2. The van der Waals surface area contributed by atoms with Gasteiger partial charge >= 0.3 is 0 Å². The van der Waals surface area contributed by atoms with Gasteiger partial charge in [-0.2, -0.15) is 0 Å². The van der Waals surface area contributed by atoms with Gasteiger partial charge in [-0.15, -0.1) is 0 Å². The van der Waals surface area contributed by atoms with Crippen LogP contribution < -0.4 is 0 Å². The number of hydrogen-bond acceptors (Lipinski definition) is 3. The lowest BCUT2D eigenvalue weighted by molar-refractivity contribution is -0.119. The normalized spacial score (nSPS) is 32.7. The summed E-state index contributed by atoms with van der Waals surface area (Å²) in [6, 6.07) is 0.541. The zero-order chi connectivity index (χ0) is 13.7. The van der Waals surface area contributed by atoms with Crippen LogP contribution in [0.5, 0.6) is 0 Å². The molecule has 0 N–H and O–H groups in total. The van der Waals surface area contributed by atoms with E-state index in [4.69, 9.17) is 4.74 Å². The smallest absolute Gasteiger partial charge is 0.127 e. The third kappa shape index (κ3) is 3.79. The molecule has 3 nitrogen and oxygen atoms in total. The molecule has 2 aliphatic rings. The summed E-state index contributed by atoms with van der Waals surface area (Å²) in [5, 5.41) is 0. The van der Waals surface area contributed by atoms with Crippen molar-refractivity contribution in [2.45, 2.75) is 70.4 Å². The van der Waals surface area contributed by atoms with Gasteiger partial charge in [0.2, 0.25) is 0 Å². The van der Waals surface area contributed by atoms with Crippen molar-refractivity contribution in [3.63, 3.8) is 0 Å². The molecule has 1 saturated carbocycles. The zero-order valence-electron chi connectivity index (χ0n) is 12.6. The Balaban J connectivity index is 1.96. The summed E-state index contributed by atoms with van der Waals surface area (Å²) in [5.74, 6) is 0. The summed E-state index contributed by atoms with van der Waals surface area (Å²) in [7, 11) is 1.81. The Kier molecular flexibility index (Phi) is 5.40. The van der Waals surface area contributed by atoms with Crippen molar-refractivity contribution in [3.8, 4) is 0 Å². The highest BCUT2D eigenvalue weighted by Gasteiger charge is 2.35. The van der Waals surface area contributed by atoms with Crippen LogP contribution in [0.1, 0.15) is 58.3 Å². The third-order valence-corrected chi connectivity index (χ3v) is 5.17. The monoisotopic (exact) mass is 267 g/mol. The van der Waals surface area contributed by atoms with E-state index in [-0.39, 0.29) is 5.41 Å². The lowest BCUT2D eigenvalue weighted by Crippen LogP contribution is -2.48. The van der Waals surface area contributed by atoms with Crippen LogP contribution in [0.25, 0.3) is 0 Å². The largest absolute Gasteiger partial charge is 0.381 e. The van der Waals surface area contributed by atoms with Gasteiger partial charge in [0.25, 0.3) is 0 Å². The van der Waals surface area contributed by atoms with Crippen LogP contribution >= 0.6 is 0 Å². The topological polar surface area (TPSA) is 29.5 Å². The average Bonchev–Trinajstić information content (AvgIpc) is 2.67. The first-order valence-electron chi connectivity index (χ1n) is 7.92. The van der Waals surface area contributed by atoms with Crippen molar-refractivity contribution in [1.82, 2.24) is 4.90 Å². The van der Waals surface area contributed by atoms with Gasteiger partial charge in [-0.05, 0) is 32.6 Å². The number of carbonyl (C=O) groups is 1. The maximum atomic E-state index is 11.7. The van der Waals surface area contributed by atoms with E-state index in [1.165, 1.54) is 32.0 Å². The summed E-state index contributed by atoms with van der Waals surface area (Å²) < 4.78 is 5.48. The maximum absolute atomic E-state index is 11.7. The molecule has 1 saturated heterocycles. The highest BCUT2D eigenvalue weighted by atomic mass is 16.5. The first-order chi connectivity index (χ1) is 9.19. The summed E-state index contributed by atoms with van der Waals surface area (Å²) in [5.41, 5.74) is -0.0648. The van der Waals surface area contributed by atoms with Gasteiger partial charge < -0.3 is 9.53 Å². The van der Waals surface area contributed by atoms with Gasteiger partial charge in [0.15, 0.2) is 0 Å². The number of likely N-dealkylation sites (tertiary alicyclic amines) is 1. The van der Waals surface area contributed by atoms with Gasteiger partial charge in [0.05, 0.1) is 6.10 Å². The average molecular weight is 267 g/mol. The highest BCUT2D eigenvalue weighted by molar-refractivity contribution is 5.59. The van der Waals surface area contributed by atoms with E-state index >= 15 is 0 Å². The molecule has 1 heterocycles. The molecule has 0 amide bonds. The number of nitrogens with zero attached hydrogens (tertiary/aromatic N) is 1. The van der Waals surface area contributed by atoms with E-state index in [0.717, 1.165) is 38.8 Å². The van der Waals surface area contributed by atoms with Gasteiger partial charge in [-0.25, -0.2) is 0 Å². The second-order valence-corrected chi connectivity index (χ2v) is 6.60. The van der Waals surface area contributed by atoms with Gasteiger partial charge in [0.1, 0.15) is 6.29 Å². The molecule has 2 rings (SSSR count). The number of ether oxygens (including phenoxy) is 1. The Morgan fingerprint density at radius 1 is 1.26 bits per heavy atom. The summed E-state index contributed by atoms with van der Waals surface area (Å²) in [4.78, 5) is 14.2. The predicted molar refractivity (Wildman–Crippen MR) is 77.3 cm³/mol. The van der Waals surface area contributed by atoms with Crippen molar-refractivity contribution >= 4 is 6.29 Å². The first-order valence-corrected chi connectivity index (χ1v) is 7.92. The van der Waals surface area contributed by atoms with Crippen LogP contribution in [0.3, 0.4) is 0 Å². The molecule has 2 atom stereocenters. The number of aldehydes is 1. The SMILES string of the molecule is COC1CCN(CC2(C=O)CCCCCC2)C(C)C1. The highest BCUT2D eigenvalue weighted by Crippen LogP contribution is 2.35. The van der Waals surface area contributed by atoms with E-state index < -0.39 is 0 Å². The van der Waals surface area contributed by atoms with Crippen molar-refractivity contribution in [2.24, 2.45) is 5.41 Å². The Morgan fingerprint density at radius 2 is 1.95 bits per heavy atom. The summed E-state index contributed by atoms with van der Waals surface area (Å²) >= 11 is 0. The lowest BCUT2D eigenvalue weighted by atomic mass is 9.80. The number of carbonyl (C=O) groups excluding carboxylic acids is 1. The molecule has 0 radical (unpaired) electrons. The minimum atomic E-state index is -0.0648. The third-order valence-electron chi connectivity index (χ3n) is 5.17. The second kappa shape index (κ2) is 6.85. The number of methoxy groups -OCH3 is 1. The molecule has 110 valence electrons. The molecule has 3 heteroatoms. The van der Waals surface area contributed by atoms with E-state index in [2.05, 4.69) is 11.8 Å². The van der Waals surface area contributed by atoms with Gasteiger partial charge in [0, 0.05) is 31.7 Å². The lowest BCUT2D eigenvalue weighted by Gasteiger charge is -2.41. The van der Waals surface area contributed by atoms with Crippen LogP contribution in [0.4, 0.5) is 0 Å². The molecule has 1 aliphatic heterocycles. The molecule has 0 aromatic rings. The minimum absolute atomic E-state index is 0.0648. The molecule has 1 aliphatic carbocycles. The van der Waals surface area contributed by atoms with Gasteiger partial charge in [-0.1, -0.05) is 25.7 Å². The van der Waals surface area contributed by atoms with Gasteiger partial charge in [-0.3, -0.25) is 4.90 Å². The summed E-state index contributed by atoms with van der Waals surface area (Å²) in [6.45, 7) is 4.32. The zero-order valence-corrected chi connectivity index (χ0v) is 12.6. The Hall–Kier alpha value is -0.410. The van der Waals surface area contributed by atoms with Crippen LogP contribution in [0.15, 0.2) is 0 Å².